The van der Waals surface area contributed by atoms with Crippen molar-refractivity contribution in [3.63, 3.8) is 0 Å². The van der Waals surface area contributed by atoms with Crippen LogP contribution in [0.4, 0.5) is 11.4 Å². The van der Waals surface area contributed by atoms with Gasteiger partial charge < -0.3 is 15.4 Å². The van der Waals surface area contributed by atoms with Crippen LogP contribution in [0.5, 0.6) is 5.75 Å². The molecule has 0 fully saturated rings. The summed E-state index contributed by atoms with van der Waals surface area (Å²) in [5, 5.41) is 5.51. The summed E-state index contributed by atoms with van der Waals surface area (Å²) in [6.45, 7) is 1.94. The van der Waals surface area contributed by atoms with Crippen molar-refractivity contribution in [1.29, 1.82) is 0 Å². The Bertz CT molecular complexity index is 984. The second-order valence-corrected chi connectivity index (χ2v) is 9.10. The second-order valence-electron chi connectivity index (χ2n) is 6.10. The Morgan fingerprint density at radius 2 is 2.07 bits per heavy atom. The monoisotopic (exact) mass is 409 g/mol. The predicted molar refractivity (Wildman–Crippen MR) is 104 cm³/mol. The van der Waals surface area contributed by atoms with Gasteiger partial charge in [-0.2, -0.15) is 0 Å². The first kappa shape index (κ1) is 19.3. The lowest BCUT2D eigenvalue weighted by atomic mass is 10.2. The number of ether oxygens (including phenoxy) is 1. The van der Waals surface area contributed by atoms with Crippen molar-refractivity contribution in [3.05, 3.63) is 40.1 Å². The molecule has 1 aliphatic rings. The molecule has 0 spiro atoms. The summed E-state index contributed by atoms with van der Waals surface area (Å²) in [4.78, 5) is 25.5. The first-order valence-corrected chi connectivity index (χ1v) is 10.9. The first-order chi connectivity index (χ1) is 12.7. The van der Waals surface area contributed by atoms with Crippen molar-refractivity contribution in [1.82, 2.24) is 4.72 Å². The van der Waals surface area contributed by atoms with Crippen molar-refractivity contribution in [2.45, 2.75) is 19.4 Å². The Morgan fingerprint density at radius 1 is 1.30 bits per heavy atom. The highest BCUT2D eigenvalue weighted by Gasteiger charge is 2.23. The van der Waals surface area contributed by atoms with E-state index in [-0.39, 0.29) is 18.4 Å². The van der Waals surface area contributed by atoms with Crippen LogP contribution >= 0.6 is 11.3 Å². The van der Waals surface area contributed by atoms with Crippen molar-refractivity contribution in [2.75, 3.05) is 23.4 Å². The molecule has 3 rings (SSSR count). The van der Waals surface area contributed by atoms with E-state index in [0.717, 1.165) is 11.1 Å². The number of sulfonamides is 1. The number of hydrogen-bond donors (Lipinski definition) is 3. The Balaban J connectivity index is 1.63. The van der Waals surface area contributed by atoms with Gasteiger partial charge in [0.15, 0.2) is 6.10 Å². The summed E-state index contributed by atoms with van der Waals surface area (Å²) >= 11 is 1.30. The van der Waals surface area contributed by atoms with Crippen molar-refractivity contribution >= 4 is 44.5 Å². The topological polar surface area (TPSA) is 114 Å². The molecular formula is C17H19N3O5S2. The molecule has 0 aliphatic carbocycles. The van der Waals surface area contributed by atoms with Crippen LogP contribution < -0.4 is 20.1 Å². The molecule has 8 nitrogen and oxygen atoms in total. The van der Waals surface area contributed by atoms with Crippen LogP contribution in [-0.2, 0) is 21.2 Å². The molecule has 0 saturated carbocycles. The number of hydrogen-bond acceptors (Lipinski definition) is 6. The first-order valence-electron chi connectivity index (χ1n) is 8.17. The molecule has 3 N–H and O–H groups in total. The van der Waals surface area contributed by atoms with Crippen LogP contribution in [0.1, 0.15) is 21.5 Å². The zero-order valence-electron chi connectivity index (χ0n) is 14.7. The van der Waals surface area contributed by atoms with Gasteiger partial charge in [-0.15, -0.1) is 11.3 Å². The maximum Gasteiger partial charge on any atom is 0.265 e. The smallest absolute Gasteiger partial charge is 0.265 e. The van der Waals surface area contributed by atoms with Crippen molar-refractivity contribution in [2.24, 2.45) is 0 Å². The van der Waals surface area contributed by atoms with Crippen LogP contribution in [0.25, 0.3) is 0 Å². The van der Waals surface area contributed by atoms with E-state index in [0.29, 0.717) is 28.4 Å². The molecule has 1 aromatic carbocycles. The van der Waals surface area contributed by atoms with Gasteiger partial charge in [-0.1, -0.05) is 0 Å². The fraction of sp³-hybridized carbons (Fsp3) is 0.294. The summed E-state index contributed by atoms with van der Waals surface area (Å²) in [6.07, 6.45) is 1.05. The van der Waals surface area contributed by atoms with Gasteiger partial charge in [-0.3, -0.25) is 9.59 Å². The Labute approximate surface area is 161 Å². The minimum absolute atomic E-state index is 0.239. The summed E-state index contributed by atoms with van der Waals surface area (Å²) in [6, 6.07) is 8.53. The number of carbonyl (C=O) groups is 2. The summed E-state index contributed by atoms with van der Waals surface area (Å²) in [7, 11) is -3.22. The minimum Gasteiger partial charge on any atom is -0.479 e. The molecule has 0 saturated heterocycles. The summed E-state index contributed by atoms with van der Waals surface area (Å²) in [5.41, 5.74) is 1.04. The fourth-order valence-electron chi connectivity index (χ4n) is 2.47. The van der Waals surface area contributed by atoms with E-state index in [2.05, 4.69) is 15.4 Å². The Hall–Kier alpha value is -2.43. The van der Waals surface area contributed by atoms with Gasteiger partial charge in [0.25, 0.3) is 11.8 Å². The molecule has 0 unspecified atom stereocenters. The van der Waals surface area contributed by atoms with Crippen molar-refractivity contribution in [3.8, 4) is 5.75 Å². The Morgan fingerprint density at radius 3 is 2.81 bits per heavy atom. The molecule has 1 aliphatic heterocycles. The fourth-order valence-corrected chi connectivity index (χ4v) is 3.85. The second kappa shape index (κ2) is 7.67. The molecule has 1 aromatic heterocycles. The van der Waals surface area contributed by atoms with Crippen LogP contribution in [0.3, 0.4) is 0 Å². The Kier molecular flexibility index (Phi) is 5.49. The molecular weight excluding hydrogens is 390 g/mol. The normalized spacial score (nSPS) is 16.2. The number of amides is 2. The van der Waals surface area contributed by atoms with Gasteiger partial charge in [0.05, 0.1) is 16.8 Å². The highest BCUT2D eigenvalue weighted by Crippen LogP contribution is 2.32. The number of rotatable bonds is 6. The summed E-state index contributed by atoms with van der Waals surface area (Å²) in [5.74, 6) is 0.0344. The zero-order chi connectivity index (χ0) is 19.6. The van der Waals surface area contributed by atoms with E-state index in [1.807, 2.05) is 0 Å². The molecule has 0 bridgehead atoms. The average molecular weight is 409 g/mol. The van der Waals surface area contributed by atoms with E-state index < -0.39 is 16.1 Å². The molecule has 1 atom stereocenters. The number of carbonyl (C=O) groups excluding carboxylic acids is 2. The minimum atomic E-state index is -3.22. The summed E-state index contributed by atoms with van der Waals surface area (Å²) < 4.78 is 30.0. The van der Waals surface area contributed by atoms with E-state index >= 15 is 0 Å². The maximum absolute atomic E-state index is 12.4. The predicted octanol–water partition coefficient (Wildman–Crippen LogP) is 1.81. The van der Waals surface area contributed by atoms with Gasteiger partial charge in [0.1, 0.15) is 5.75 Å². The molecule has 2 amide bonds. The highest BCUT2D eigenvalue weighted by atomic mass is 32.2. The lowest BCUT2D eigenvalue weighted by Crippen LogP contribution is -2.34. The molecule has 0 radical (unpaired) electrons. The number of fused-ring (bicyclic) bond motifs is 1. The van der Waals surface area contributed by atoms with Gasteiger partial charge in [0, 0.05) is 17.1 Å². The van der Waals surface area contributed by atoms with Crippen LogP contribution in [0.15, 0.2) is 30.3 Å². The largest absolute Gasteiger partial charge is 0.479 e. The molecule has 2 heterocycles. The van der Waals surface area contributed by atoms with Gasteiger partial charge >= 0.3 is 0 Å². The number of thiophene rings is 1. The third-order valence-electron chi connectivity index (χ3n) is 3.79. The SMILES string of the molecule is C[C@@H]1Oc2ccc(NC(=O)c3ccc(CCNS(C)(=O)=O)s3)cc2NC1=O. The number of nitrogens with one attached hydrogen (secondary N) is 3. The third kappa shape index (κ3) is 5.06. The quantitative estimate of drug-likeness (QED) is 0.673. The van der Waals surface area contributed by atoms with E-state index in [4.69, 9.17) is 4.74 Å². The van der Waals surface area contributed by atoms with E-state index in [1.165, 1.54) is 11.3 Å². The molecule has 144 valence electrons. The van der Waals surface area contributed by atoms with Crippen LogP contribution in [-0.4, -0.2) is 39.1 Å². The van der Waals surface area contributed by atoms with Gasteiger partial charge in [-0.25, -0.2) is 13.1 Å². The van der Waals surface area contributed by atoms with Gasteiger partial charge in [-0.05, 0) is 43.7 Å². The molecule has 2 aromatic rings. The van der Waals surface area contributed by atoms with Crippen LogP contribution in [0, 0.1) is 0 Å². The average Bonchev–Trinajstić information content (AvgIpc) is 3.04. The number of benzene rings is 1. The van der Waals surface area contributed by atoms with E-state index in [1.54, 1.807) is 37.3 Å². The lowest BCUT2D eigenvalue weighted by molar-refractivity contribution is -0.122. The zero-order valence-corrected chi connectivity index (χ0v) is 16.4. The standard InChI is InChI=1S/C17H19N3O5S2/c1-10-16(21)20-13-9-11(3-5-14(13)25-10)19-17(22)15-6-4-12(26-15)7-8-18-27(2,23)24/h3-6,9-10,18H,7-8H2,1-2H3,(H,19,22)(H,20,21)/t10-/m0/s1. The lowest BCUT2D eigenvalue weighted by Gasteiger charge is -2.23. The third-order valence-corrected chi connectivity index (χ3v) is 5.66. The molecule has 27 heavy (non-hydrogen) atoms. The van der Waals surface area contributed by atoms with Gasteiger partial charge in [0.2, 0.25) is 10.0 Å². The number of anilines is 2. The van der Waals surface area contributed by atoms with Crippen LogP contribution in [0.2, 0.25) is 0 Å². The van der Waals surface area contributed by atoms with E-state index in [9.17, 15) is 18.0 Å². The van der Waals surface area contributed by atoms with Crippen molar-refractivity contribution < 1.29 is 22.7 Å². The highest BCUT2D eigenvalue weighted by molar-refractivity contribution is 7.88. The molecule has 10 heteroatoms. The maximum atomic E-state index is 12.4.